The molecule has 0 saturated heterocycles. The van der Waals surface area contributed by atoms with Crippen molar-refractivity contribution < 1.29 is 27.7 Å². The minimum absolute atomic E-state index is 0.0336. The minimum atomic E-state index is -4.55. The number of ketones is 1. The van der Waals surface area contributed by atoms with Crippen LogP contribution in [-0.2, 0) is 19.7 Å². The third kappa shape index (κ3) is 6.19. The minimum Gasteiger partial charge on any atom is -0.480 e. The molecule has 0 radical (unpaired) electrons. The first-order valence-corrected chi connectivity index (χ1v) is 5.94. The molecule has 0 aliphatic rings. The third-order valence-corrected chi connectivity index (χ3v) is 3.04. The molecular formula is C8H14O6S. The fourth-order valence-corrected chi connectivity index (χ4v) is 1.82. The molecule has 6 nitrogen and oxygen atoms in total. The second-order valence-corrected chi connectivity index (χ2v) is 4.89. The van der Waals surface area contributed by atoms with Gasteiger partial charge in [0, 0.05) is 6.42 Å². The van der Waals surface area contributed by atoms with Crippen LogP contribution in [0.2, 0.25) is 0 Å². The normalized spacial score (nSPS) is 13.5. The molecule has 1 atom stereocenters. The van der Waals surface area contributed by atoms with Gasteiger partial charge in [0.25, 0.3) is 10.1 Å². The molecule has 0 aromatic carbocycles. The molecule has 1 unspecified atom stereocenters. The van der Waals surface area contributed by atoms with Gasteiger partial charge in [0.05, 0.1) is 0 Å². The first kappa shape index (κ1) is 14.1. The van der Waals surface area contributed by atoms with E-state index in [9.17, 15) is 18.0 Å². The highest BCUT2D eigenvalue weighted by Gasteiger charge is 2.29. The summed E-state index contributed by atoms with van der Waals surface area (Å²) in [5.74, 6) is -1.60. The van der Waals surface area contributed by atoms with E-state index in [4.69, 9.17) is 9.66 Å². The van der Waals surface area contributed by atoms with Gasteiger partial charge in [-0.1, -0.05) is 6.42 Å². The Labute approximate surface area is 88.0 Å². The Hall–Kier alpha value is -0.950. The summed E-state index contributed by atoms with van der Waals surface area (Å²) in [7, 11) is -4.55. The van der Waals surface area contributed by atoms with Gasteiger partial charge in [-0.05, 0) is 19.8 Å². The average Bonchev–Trinajstić information content (AvgIpc) is 1.99. The van der Waals surface area contributed by atoms with E-state index in [0.29, 0.717) is 6.42 Å². The van der Waals surface area contributed by atoms with Crippen LogP contribution in [0.3, 0.4) is 0 Å². The largest absolute Gasteiger partial charge is 0.480 e. The standard InChI is InChI=1S/C8H14O6S/c1-6(9)4-2-3-5-7(8(10)11)15(12,13)14/h7H,2-5H2,1H3,(H,10,11)(H,12,13,14). The van der Waals surface area contributed by atoms with E-state index in [2.05, 4.69) is 0 Å². The SMILES string of the molecule is CC(=O)CCCCC(C(=O)O)S(=O)(=O)O. The molecular weight excluding hydrogens is 224 g/mol. The van der Waals surface area contributed by atoms with Crippen LogP contribution in [0.25, 0.3) is 0 Å². The molecule has 0 aromatic heterocycles. The first-order chi connectivity index (χ1) is 6.75. The Morgan fingerprint density at radius 3 is 2.13 bits per heavy atom. The first-order valence-electron chi connectivity index (χ1n) is 4.43. The molecule has 0 saturated carbocycles. The van der Waals surface area contributed by atoms with E-state index >= 15 is 0 Å². The topological polar surface area (TPSA) is 109 Å². The van der Waals surface area contributed by atoms with Crippen molar-refractivity contribution in [3.05, 3.63) is 0 Å². The van der Waals surface area contributed by atoms with E-state index in [1.165, 1.54) is 6.92 Å². The van der Waals surface area contributed by atoms with Gasteiger partial charge < -0.3 is 9.90 Å². The van der Waals surface area contributed by atoms with Crippen molar-refractivity contribution >= 4 is 21.9 Å². The molecule has 0 heterocycles. The molecule has 0 rings (SSSR count). The zero-order valence-corrected chi connectivity index (χ0v) is 9.16. The van der Waals surface area contributed by atoms with Crippen LogP contribution in [0.15, 0.2) is 0 Å². The fourth-order valence-electron chi connectivity index (χ4n) is 1.10. The highest BCUT2D eigenvalue weighted by atomic mass is 32.2. The van der Waals surface area contributed by atoms with Crippen LogP contribution in [0.4, 0.5) is 0 Å². The molecule has 0 aliphatic carbocycles. The zero-order valence-electron chi connectivity index (χ0n) is 8.34. The van der Waals surface area contributed by atoms with E-state index in [1.54, 1.807) is 0 Å². The Morgan fingerprint density at radius 2 is 1.80 bits per heavy atom. The molecule has 2 N–H and O–H groups in total. The number of carbonyl (C=O) groups is 2. The van der Waals surface area contributed by atoms with Crippen molar-refractivity contribution in [1.82, 2.24) is 0 Å². The van der Waals surface area contributed by atoms with Gasteiger partial charge in [-0.15, -0.1) is 0 Å². The van der Waals surface area contributed by atoms with Crippen LogP contribution >= 0.6 is 0 Å². The summed E-state index contributed by atoms with van der Waals surface area (Å²) in [5, 5.41) is 6.72. The summed E-state index contributed by atoms with van der Waals surface area (Å²) in [5.41, 5.74) is 0. The number of rotatable bonds is 7. The molecule has 0 bridgehead atoms. The van der Waals surface area contributed by atoms with Gasteiger partial charge >= 0.3 is 5.97 Å². The Bertz CT molecular complexity index is 331. The Morgan fingerprint density at radius 1 is 1.27 bits per heavy atom. The summed E-state index contributed by atoms with van der Waals surface area (Å²) in [6.07, 6.45) is 0.810. The quantitative estimate of drug-likeness (QED) is 0.493. The zero-order chi connectivity index (χ0) is 12.1. The van der Waals surface area contributed by atoms with Crippen molar-refractivity contribution in [2.75, 3.05) is 0 Å². The number of carbonyl (C=O) groups excluding carboxylic acids is 1. The van der Waals surface area contributed by atoms with E-state index in [-0.39, 0.29) is 25.0 Å². The third-order valence-electron chi connectivity index (χ3n) is 1.88. The fraction of sp³-hybridized carbons (Fsp3) is 0.750. The van der Waals surface area contributed by atoms with E-state index < -0.39 is 21.3 Å². The number of Topliss-reactive ketones (excluding diaryl/α,β-unsaturated/α-hetero) is 1. The lowest BCUT2D eigenvalue weighted by atomic mass is 10.1. The summed E-state index contributed by atoms with van der Waals surface area (Å²) in [6.45, 7) is 1.40. The van der Waals surface area contributed by atoms with Gasteiger partial charge in [-0.2, -0.15) is 8.42 Å². The molecule has 0 spiro atoms. The number of hydrogen-bond acceptors (Lipinski definition) is 4. The molecule has 88 valence electrons. The monoisotopic (exact) mass is 238 g/mol. The van der Waals surface area contributed by atoms with Crippen molar-refractivity contribution in [2.24, 2.45) is 0 Å². The Kier molecular flexibility index (Phi) is 5.45. The molecule has 0 amide bonds. The molecule has 7 heteroatoms. The van der Waals surface area contributed by atoms with Gasteiger partial charge in [0.1, 0.15) is 5.78 Å². The number of carboxylic acid groups (broad SMARTS) is 1. The average molecular weight is 238 g/mol. The lowest BCUT2D eigenvalue weighted by Crippen LogP contribution is -2.29. The predicted molar refractivity (Wildman–Crippen MR) is 52.1 cm³/mol. The summed E-state index contributed by atoms with van der Waals surface area (Å²) < 4.78 is 29.8. The van der Waals surface area contributed by atoms with Crippen LogP contribution in [-0.4, -0.2) is 35.1 Å². The molecule has 15 heavy (non-hydrogen) atoms. The number of carboxylic acids is 1. The maximum atomic E-state index is 10.6. The summed E-state index contributed by atoms with van der Waals surface area (Å²) >= 11 is 0. The highest BCUT2D eigenvalue weighted by Crippen LogP contribution is 2.11. The predicted octanol–water partition coefficient (Wildman–Crippen LogP) is 0.477. The number of aliphatic carboxylic acids is 1. The summed E-state index contributed by atoms with van der Waals surface area (Å²) in [6, 6.07) is 0. The van der Waals surface area contributed by atoms with Crippen LogP contribution in [0.1, 0.15) is 32.6 Å². The maximum absolute atomic E-state index is 10.6. The van der Waals surface area contributed by atoms with Crippen LogP contribution in [0.5, 0.6) is 0 Å². The lowest BCUT2D eigenvalue weighted by molar-refractivity contribution is -0.136. The van der Waals surface area contributed by atoms with Gasteiger partial charge in [-0.25, -0.2) is 0 Å². The van der Waals surface area contributed by atoms with Gasteiger partial charge in [0.15, 0.2) is 5.25 Å². The van der Waals surface area contributed by atoms with Crippen molar-refractivity contribution in [3.63, 3.8) is 0 Å². The second-order valence-electron chi connectivity index (χ2n) is 3.29. The lowest BCUT2D eigenvalue weighted by Gasteiger charge is -2.07. The maximum Gasteiger partial charge on any atom is 0.324 e. The van der Waals surface area contributed by atoms with Crippen molar-refractivity contribution in [1.29, 1.82) is 0 Å². The smallest absolute Gasteiger partial charge is 0.324 e. The molecule has 0 aromatic rings. The van der Waals surface area contributed by atoms with E-state index in [1.807, 2.05) is 0 Å². The van der Waals surface area contributed by atoms with Crippen molar-refractivity contribution in [3.8, 4) is 0 Å². The van der Waals surface area contributed by atoms with Crippen LogP contribution in [0, 0.1) is 0 Å². The molecule has 0 fully saturated rings. The summed E-state index contributed by atoms with van der Waals surface area (Å²) in [4.78, 5) is 21.0. The van der Waals surface area contributed by atoms with Gasteiger partial charge in [0.2, 0.25) is 0 Å². The number of hydrogen-bond donors (Lipinski definition) is 2. The second kappa shape index (κ2) is 5.82. The van der Waals surface area contributed by atoms with Gasteiger partial charge in [-0.3, -0.25) is 9.35 Å². The highest BCUT2D eigenvalue weighted by molar-refractivity contribution is 7.87. The molecule has 0 aliphatic heterocycles. The number of unbranched alkanes of at least 4 members (excludes halogenated alkanes) is 1. The van der Waals surface area contributed by atoms with Crippen molar-refractivity contribution in [2.45, 2.75) is 37.9 Å². The Balaban J connectivity index is 4.11. The van der Waals surface area contributed by atoms with E-state index in [0.717, 1.165) is 0 Å². The van der Waals surface area contributed by atoms with Crippen LogP contribution < -0.4 is 0 Å².